The second-order valence-electron chi connectivity index (χ2n) is 5.24. The molecule has 0 bridgehead atoms. The van der Waals surface area contributed by atoms with Gasteiger partial charge in [-0.15, -0.1) is 0 Å². The third-order valence-electron chi connectivity index (χ3n) is 4.03. The maximum absolute atomic E-state index is 6.21. The molecular weight excluding hydrogens is 357 g/mol. The van der Waals surface area contributed by atoms with E-state index in [2.05, 4.69) is 46.1 Å². The Morgan fingerprint density at radius 1 is 1.39 bits per heavy atom. The molecule has 0 saturated heterocycles. The molecule has 2 rings (SSSR count). The summed E-state index contributed by atoms with van der Waals surface area (Å²) >= 11 is 8.48. The molecule has 1 aliphatic rings. The lowest BCUT2D eigenvalue weighted by molar-refractivity contribution is 0.427. The van der Waals surface area contributed by atoms with Gasteiger partial charge in [0.05, 0.1) is 5.02 Å². The number of hydrogen-bond donors (Lipinski definition) is 1. The first-order valence-electron chi connectivity index (χ1n) is 6.83. The number of halogens is 2. The maximum Gasteiger partial charge on any atom is 0.0542 e. The fourth-order valence-corrected chi connectivity index (χ4v) is 3.43. The molecule has 0 spiro atoms. The Kier molecular flexibility index (Phi) is 5.77. The fourth-order valence-electron chi connectivity index (χ4n) is 2.91. The van der Waals surface area contributed by atoms with E-state index < -0.39 is 0 Å². The maximum atomic E-state index is 6.21. The van der Waals surface area contributed by atoms with Crippen LogP contribution in [0.25, 0.3) is 0 Å². The van der Waals surface area contributed by atoms with E-state index in [4.69, 9.17) is 11.6 Å². The molecule has 0 radical (unpaired) electrons. The summed E-state index contributed by atoms with van der Waals surface area (Å²) in [6.45, 7) is 0. The summed E-state index contributed by atoms with van der Waals surface area (Å²) in [5.41, 5.74) is 1.32. The lowest BCUT2D eigenvalue weighted by atomic mass is 9.95. The molecule has 0 heterocycles. The van der Waals surface area contributed by atoms with E-state index in [1.54, 1.807) is 0 Å². The molecule has 100 valence electrons. The van der Waals surface area contributed by atoms with Gasteiger partial charge in [-0.2, -0.15) is 0 Å². The molecule has 1 fully saturated rings. The molecule has 1 nitrogen and oxygen atoms in total. The Balaban J connectivity index is 1.96. The molecule has 1 aliphatic carbocycles. The number of nitrogens with one attached hydrogen (secondary N) is 1. The zero-order valence-corrected chi connectivity index (χ0v) is 13.8. The van der Waals surface area contributed by atoms with Gasteiger partial charge in [-0.25, -0.2) is 0 Å². The van der Waals surface area contributed by atoms with Crippen LogP contribution in [-0.2, 0) is 0 Å². The van der Waals surface area contributed by atoms with Crippen LogP contribution in [0.2, 0.25) is 5.02 Å². The minimum absolute atomic E-state index is 0.445. The highest BCUT2D eigenvalue weighted by Crippen LogP contribution is 2.32. The summed E-state index contributed by atoms with van der Waals surface area (Å²) in [5.74, 6) is 0.958. The summed E-state index contributed by atoms with van der Waals surface area (Å²) in [7, 11) is 2.05. The van der Waals surface area contributed by atoms with Gasteiger partial charge < -0.3 is 5.32 Å². The molecule has 1 aromatic rings. The second-order valence-corrected chi connectivity index (χ2v) is 6.81. The summed E-state index contributed by atoms with van der Waals surface area (Å²) in [6.07, 6.45) is 8.30. The van der Waals surface area contributed by atoms with Crippen molar-refractivity contribution >= 4 is 34.2 Å². The van der Waals surface area contributed by atoms with Crippen molar-refractivity contribution in [1.82, 2.24) is 5.32 Å². The fraction of sp³-hybridized carbons (Fsp3) is 0.600. The van der Waals surface area contributed by atoms with Crippen molar-refractivity contribution in [2.75, 3.05) is 7.05 Å². The molecule has 18 heavy (non-hydrogen) atoms. The molecule has 1 saturated carbocycles. The molecule has 1 aromatic carbocycles. The van der Waals surface area contributed by atoms with Crippen LogP contribution in [0.3, 0.4) is 0 Å². The topological polar surface area (TPSA) is 12.0 Å². The van der Waals surface area contributed by atoms with Gasteiger partial charge in [0.2, 0.25) is 0 Å². The molecule has 0 amide bonds. The summed E-state index contributed by atoms with van der Waals surface area (Å²) < 4.78 is 1.13. The standard InChI is InChI=1S/C15H21ClIN/c1-18-15(9-6-11-4-2-3-5-11)12-7-8-14(17)13(16)10-12/h7-8,10-11,15,18H,2-6,9H2,1H3. The zero-order chi connectivity index (χ0) is 13.0. The average molecular weight is 378 g/mol. The lowest BCUT2D eigenvalue weighted by Gasteiger charge is -2.19. The first-order chi connectivity index (χ1) is 8.70. The van der Waals surface area contributed by atoms with Crippen LogP contribution < -0.4 is 5.32 Å². The van der Waals surface area contributed by atoms with Crippen molar-refractivity contribution in [3.8, 4) is 0 Å². The minimum atomic E-state index is 0.445. The molecule has 0 aliphatic heterocycles. The van der Waals surface area contributed by atoms with Gasteiger partial charge in [-0.1, -0.05) is 43.4 Å². The summed E-state index contributed by atoms with van der Waals surface area (Å²) in [5, 5.41) is 4.30. The third-order valence-corrected chi connectivity index (χ3v) is 5.61. The molecular formula is C15H21ClIN. The first kappa shape index (κ1) is 14.6. The van der Waals surface area contributed by atoms with Crippen LogP contribution in [-0.4, -0.2) is 7.05 Å². The van der Waals surface area contributed by atoms with Crippen LogP contribution in [0, 0.1) is 9.49 Å². The monoisotopic (exact) mass is 377 g/mol. The lowest BCUT2D eigenvalue weighted by Crippen LogP contribution is -2.17. The average Bonchev–Trinajstić information content (AvgIpc) is 2.87. The van der Waals surface area contributed by atoms with E-state index in [-0.39, 0.29) is 0 Å². The van der Waals surface area contributed by atoms with Crippen LogP contribution in [0.15, 0.2) is 18.2 Å². The van der Waals surface area contributed by atoms with Crippen LogP contribution >= 0.6 is 34.2 Å². The largest absolute Gasteiger partial charge is 0.313 e. The smallest absolute Gasteiger partial charge is 0.0542 e. The van der Waals surface area contributed by atoms with E-state index in [0.29, 0.717) is 6.04 Å². The Hall–Kier alpha value is 0.200. The quantitative estimate of drug-likeness (QED) is 0.698. The van der Waals surface area contributed by atoms with Crippen molar-refractivity contribution < 1.29 is 0 Å². The number of hydrogen-bond acceptors (Lipinski definition) is 1. The van der Waals surface area contributed by atoms with E-state index in [0.717, 1.165) is 14.5 Å². The summed E-state index contributed by atoms with van der Waals surface area (Å²) in [6, 6.07) is 6.86. The van der Waals surface area contributed by atoms with Crippen molar-refractivity contribution in [3.63, 3.8) is 0 Å². The Bertz CT molecular complexity index is 388. The Morgan fingerprint density at radius 2 is 2.11 bits per heavy atom. The van der Waals surface area contributed by atoms with Crippen LogP contribution in [0.4, 0.5) is 0 Å². The van der Waals surface area contributed by atoms with Gasteiger partial charge >= 0.3 is 0 Å². The molecule has 3 heteroatoms. The summed E-state index contributed by atoms with van der Waals surface area (Å²) in [4.78, 5) is 0. The highest BCUT2D eigenvalue weighted by Gasteiger charge is 2.18. The molecule has 0 aromatic heterocycles. The SMILES string of the molecule is CNC(CCC1CCCC1)c1ccc(I)c(Cl)c1. The van der Waals surface area contributed by atoms with Gasteiger partial charge in [0.15, 0.2) is 0 Å². The number of rotatable bonds is 5. The highest BCUT2D eigenvalue weighted by atomic mass is 127. The second kappa shape index (κ2) is 7.11. The Labute approximate surface area is 129 Å². The minimum Gasteiger partial charge on any atom is -0.313 e. The van der Waals surface area contributed by atoms with Gasteiger partial charge in [0.25, 0.3) is 0 Å². The third kappa shape index (κ3) is 3.84. The van der Waals surface area contributed by atoms with Crippen molar-refractivity contribution in [2.45, 2.75) is 44.6 Å². The number of benzene rings is 1. The van der Waals surface area contributed by atoms with E-state index in [1.165, 1.54) is 44.1 Å². The van der Waals surface area contributed by atoms with Crippen LogP contribution in [0.5, 0.6) is 0 Å². The molecule has 1 unspecified atom stereocenters. The van der Waals surface area contributed by atoms with Gasteiger partial charge in [0.1, 0.15) is 0 Å². The van der Waals surface area contributed by atoms with E-state index in [9.17, 15) is 0 Å². The highest BCUT2D eigenvalue weighted by molar-refractivity contribution is 14.1. The predicted octanol–water partition coefficient (Wildman–Crippen LogP) is 5.18. The van der Waals surface area contributed by atoms with Gasteiger partial charge in [-0.3, -0.25) is 0 Å². The first-order valence-corrected chi connectivity index (χ1v) is 8.28. The molecule has 1 atom stereocenters. The normalized spacial score (nSPS) is 18.2. The van der Waals surface area contributed by atoms with Crippen LogP contribution in [0.1, 0.15) is 50.1 Å². The van der Waals surface area contributed by atoms with E-state index >= 15 is 0 Å². The zero-order valence-electron chi connectivity index (χ0n) is 10.9. The van der Waals surface area contributed by atoms with Crippen molar-refractivity contribution in [3.05, 3.63) is 32.4 Å². The van der Waals surface area contributed by atoms with Crippen molar-refractivity contribution in [2.24, 2.45) is 5.92 Å². The van der Waals surface area contributed by atoms with Crippen molar-refractivity contribution in [1.29, 1.82) is 0 Å². The van der Waals surface area contributed by atoms with Gasteiger partial charge in [-0.05, 0) is 66.1 Å². The predicted molar refractivity (Wildman–Crippen MR) is 87.2 cm³/mol. The van der Waals surface area contributed by atoms with E-state index in [1.807, 2.05) is 7.05 Å². The van der Waals surface area contributed by atoms with Gasteiger partial charge in [0, 0.05) is 9.61 Å². The molecule has 1 N–H and O–H groups in total. The Morgan fingerprint density at radius 3 is 2.72 bits per heavy atom.